The van der Waals surface area contributed by atoms with Crippen molar-refractivity contribution >= 4 is 46.1 Å². The van der Waals surface area contributed by atoms with Crippen LogP contribution in [0.3, 0.4) is 0 Å². The van der Waals surface area contributed by atoms with Crippen molar-refractivity contribution in [1.82, 2.24) is 0 Å². The number of carbonyl (C=O) groups is 2. The minimum Gasteiger partial charge on any atom is -0.481 e. The first-order valence-corrected chi connectivity index (χ1v) is 5.16. The van der Waals surface area contributed by atoms with E-state index < -0.39 is 24.3 Å². The van der Waals surface area contributed by atoms with Gasteiger partial charge in [0.15, 0.2) is 0 Å². The summed E-state index contributed by atoms with van der Waals surface area (Å²) in [7, 11) is 0. The Morgan fingerprint density at radius 1 is 1.31 bits per heavy atom. The number of hydrogen-bond donors (Lipinski definition) is 2. The van der Waals surface area contributed by atoms with Crippen molar-refractivity contribution < 1.29 is 19.8 Å². The topological polar surface area (TPSA) is 74.6 Å². The number of hydrogen-bond acceptors (Lipinski definition) is 4. The third kappa shape index (κ3) is 2.80. The van der Waals surface area contributed by atoms with Crippen LogP contribution in [-0.4, -0.2) is 31.9 Å². The molecule has 0 heterocycles. The Balaban J connectivity index is 3.03. The molecule has 1 rings (SSSR count). The van der Waals surface area contributed by atoms with Gasteiger partial charge >= 0.3 is 11.9 Å². The summed E-state index contributed by atoms with van der Waals surface area (Å²) in [6.45, 7) is 0. The number of thiocarbonyl (C=S) groups is 2. The normalized spacial score (nSPS) is 16.9. The highest BCUT2D eigenvalue weighted by atomic mass is 32.1. The van der Waals surface area contributed by atoms with E-state index >= 15 is 0 Å². The Kier molecular flexibility index (Phi) is 4.03. The van der Waals surface area contributed by atoms with E-state index in [1.807, 2.05) is 0 Å². The van der Waals surface area contributed by atoms with Gasteiger partial charge in [-0.15, -0.1) is 0 Å². The molecule has 0 aromatic rings. The first-order chi connectivity index (χ1) is 7.43. The largest absolute Gasteiger partial charge is 0.481 e. The van der Waals surface area contributed by atoms with E-state index in [9.17, 15) is 9.59 Å². The van der Waals surface area contributed by atoms with Gasteiger partial charge in [0.2, 0.25) is 0 Å². The van der Waals surface area contributed by atoms with E-state index in [0.29, 0.717) is 4.86 Å². The fraction of sp³-hybridized carbons (Fsp3) is 0.200. The van der Waals surface area contributed by atoms with Crippen LogP contribution in [0.1, 0.15) is 6.42 Å². The van der Waals surface area contributed by atoms with E-state index in [1.54, 1.807) is 12.2 Å². The van der Waals surface area contributed by atoms with Crippen molar-refractivity contribution in [3.8, 4) is 0 Å². The minimum atomic E-state index is -1.21. The quantitative estimate of drug-likeness (QED) is 0.741. The number of aliphatic carboxylic acids is 2. The molecule has 2 N–H and O–H groups in total. The molecule has 4 nitrogen and oxygen atoms in total. The van der Waals surface area contributed by atoms with Crippen LogP contribution in [0.15, 0.2) is 23.8 Å². The molecule has 0 spiro atoms. The maximum atomic E-state index is 11.0. The van der Waals surface area contributed by atoms with Gasteiger partial charge in [-0.3, -0.25) is 9.59 Å². The Labute approximate surface area is 102 Å². The van der Waals surface area contributed by atoms with Crippen molar-refractivity contribution in [3.63, 3.8) is 0 Å². The van der Waals surface area contributed by atoms with Gasteiger partial charge in [-0.05, 0) is 11.6 Å². The average Bonchev–Trinajstić information content (AvgIpc) is 2.18. The summed E-state index contributed by atoms with van der Waals surface area (Å²) in [4.78, 5) is 22.1. The van der Waals surface area contributed by atoms with E-state index in [1.165, 1.54) is 6.08 Å². The second-order valence-electron chi connectivity index (χ2n) is 3.16. The first-order valence-electron chi connectivity index (χ1n) is 4.35. The molecule has 0 fully saturated rings. The van der Waals surface area contributed by atoms with Crippen LogP contribution in [0.2, 0.25) is 0 Å². The highest BCUT2D eigenvalue weighted by molar-refractivity contribution is 7.90. The lowest BCUT2D eigenvalue weighted by molar-refractivity contribution is -0.146. The molecule has 1 aliphatic rings. The van der Waals surface area contributed by atoms with Crippen molar-refractivity contribution in [1.29, 1.82) is 0 Å². The van der Waals surface area contributed by atoms with Crippen LogP contribution in [0, 0.1) is 5.92 Å². The molecule has 1 aliphatic carbocycles. The maximum absolute atomic E-state index is 11.0. The molecule has 0 bridgehead atoms. The molecule has 1 unspecified atom stereocenters. The van der Waals surface area contributed by atoms with Crippen molar-refractivity contribution in [2.75, 3.05) is 0 Å². The van der Waals surface area contributed by atoms with E-state index in [2.05, 4.69) is 0 Å². The Morgan fingerprint density at radius 2 is 1.94 bits per heavy atom. The minimum absolute atomic E-state index is 0.242. The van der Waals surface area contributed by atoms with Crippen LogP contribution in [0.25, 0.3) is 0 Å². The van der Waals surface area contributed by atoms with Gasteiger partial charge in [0.25, 0.3) is 0 Å². The lowest BCUT2D eigenvalue weighted by Crippen LogP contribution is -2.27. The summed E-state index contributed by atoms with van der Waals surface area (Å²) in [5.41, 5.74) is 0.289. The SMILES string of the molecule is O=C(O)CC(C(=O)O)C1=CC=CC(=S)C1=S. The molecule has 0 aromatic heterocycles. The van der Waals surface area contributed by atoms with Gasteiger partial charge in [0, 0.05) is 0 Å². The third-order valence-corrected chi connectivity index (χ3v) is 2.99. The number of allylic oxidation sites excluding steroid dienone is 3. The molecule has 0 aliphatic heterocycles. The lowest BCUT2D eigenvalue weighted by atomic mass is 9.89. The standard InChI is InChI=1S/C10H8O4S2/c11-8(12)4-6(10(13)14)5-2-1-3-7(15)9(5)16/h1-3,6H,4H2,(H,11,12)(H,13,14). The molecule has 0 aromatic carbocycles. The van der Waals surface area contributed by atoms with Gasteiger partial charge in [-0.25, -0.2) is 0 Å². The zero-order valence-corrected chi connectivity index (χ0v) is 9.68. The highest BCUT2D eigenvalue weighted by Gasteiger charge is 2.29. The number of rotatable bonds is 4. The fourth-order valence-electron chi connectivity index (χ4n) is 1.31. The monoisotopic (exact) mass is 256 g/mol. The van der Waals surface area contributed by atoms with Gasteiger partial charge < -0.3 is 10.2 Å². The first kappa shape index (κ1) is 12.7. The van der Waals surface area contributed by atoms with Gasteiger partial charge in [-0.2, -0.15) is 0 Å². The van der Waals surface area contributed by atoms with Gasteiger partial charge in [0.1, 0.15) is 0 Å². The van der Waals surface area contributed by atoms with Crippen LogP contribution >= 0.6 is 24.4 Å². The number of carboxylic acids is 2. The summed E-state index contributed by atoms with van der Waals surface area (Å²) in [5, 5.41) is 17.6. The Bertz CT molecular complexity index is 434. The molecular formula is C10H8O4S2. The highest BCUT2D eigenvalue weighted by Crippen LogP contribution is 2.21. The van der Waals surface area contributed by atoms with E-state index in [0.717, 1.165) is 0 Å². The van der Waals surface area contributed by atoms with Gasteiger partial charge in [0.05, 0.1) is 22.1 Å². The lowest BCUT2D eigenvalue weighted by Gasteiger charge is -2.17. The Morgan fingerprint density at radius 3 is 2.44 bits per heavy atom. The molecule has 16 heavy (non-hydrogen) atoms. The van der Waals surface area contributed by atoms with Crippen molar-refractivity contribution in [3.05, 3.63) is 23.8 Å². The van der Waals surface area contributed by atoms with E-state index in [4.69, 9.17) is 34.6 Å². The zero-order chi connectivity index (χ0) is 12.3. The summed E-state index contributed by atoms with van der Waals surface area (Å²) in [6, 6.07) is 0. The second kappa shape index (κ2) is 5.09. The predicted molar refractivity (Wildman–Crippen MR) is 65.8 cm³/mol. The molecule has 1 atom stereocenters. The molecule has 0 saturated heterocycles. The molecule has 0 saturated carbocycles. The zero-order valence-electron chi connectivity index (χ0n) is 8.04. The molecule has 84 valence electrons. The maximum Gasteiger partial charge on any atom is 0.311 e. The molecular weight excluding hydrogens is 248 g/mol. The third-order valence-electron chi connectivity index (χ3n) is 2.06. The smallest absolute Gasteiger partial charge is 0.311 e. The van der Waals surface area contributed by atoms with Gasteiger partial charge in [-0.1, -0.05) is 36.6 Å². The molecule has 6 heteroatoms. The summed E-state index contributed by atoms with van der Waals surface area (Å²) in [5.74, 6) is -3.54. The average molecular weight is 256 g/mol. The van der Waals surface area contributed by atoms with Crippen LogP contribution in [0.4, 0.5) is 0 Å². The molecule has 0 amide bonds. The number of carboxylic acid groups (broad SMARTS) is 2. The van der Waals surface area contributed by atoms with Crippen LogP contribution < -0.4 is 0 Å². The molecule has 0 radical (unpaired) electrons. The van der Waals surface area contributed by atoms with Crippen LogP contribution in [-0.2, 0) is 9.59 Å². The fourth-order valence-corrected chi connectivity index (χ4v) is 1.79. The Hall–Kier alpha value is -1.40. The van der Waals surface area contributed by atoms with Crippen molar-refractivity contribution in [2.24, 2.45) is 5.92 Å². The second-order valence-corrected chi connectivity index (χ2v) is 4.01. The van der Waals surface area contributed by atoms with Crippen molar-refractivity contribution in [2.45, 2.75) is 6.42 Å². The van der Waals surface area contributed by atoms with E-state index in [-0.39, 0.29) is 10.4 Å². The summed E-state index contributed by atoms with van der Waals surface area (Å²) >= 11 is 9.90. The van der Waals surface area contributed by atoms with Crippen LogP contribution in [0.5, 0.6) is 0 Å². The summed E-state index contributed by atoms with van der Waals surface area (Å²) in [6.07, 6.45) is 4.16. The predicted octanol–water partition coefficient (Wildman–Crippen LogP) is 1.40. The summed E-state index contributed by atoms with van der Waals surface area (Å²) < 4.78 is 0.